The van der Waals surface area contributed by atoms with Crippen molar-refractivity contribution in [1.82, 2.24) is 4.90 Å². The summed E-state index contributed by atoms with van der Waals surface area (Å²) in [5.74, 6) is -0.158. The summed E-state index contributed by atoms with van der Waals surface area (Å²) < 4.78 is 25.5. The molecular formula is C19H20Cl2N2O3S. The van der Waals surface area contributed by atoms with Crippen LogP contribution in [0.25, 0.3) is 0 Å². The van der Waals surface area contributed by atoms with Gasteiger partial charge in [-0.15, -0.1) is 0 Å². The fourth-order valence-corrected chi connectivity index (χ4v) is 5.17. The van der Waals surface area contributed by atoms with Crippen LogP contribution in [0, 0.1) is 0 Å². The van der Waals surface area contributed by atoms with E-state index in [0.717, 1.165) is 11.1 Å². The quantitative estimate of drug-likeness (QED) is 0.742. The minimum Gasteiger partial charge on any atom is -0.337 e. The van der Waals surface area contributed by atoms with Crippen LogP contribution in [-0.2, 0) is 23.0 Å². The van der Waals surface area contributed by atoms with E-state index in [0.29, 0.717) is 34.3 Å². The number of hydrogen-bond donors (Lipinski definition) is 0. The molecule has 1 aliphatic heterocycles. The van der Waals surface area contributed by atoms with Crippen molar-refractivity contribution >= 4 is 44.8 Å². The fourth-order valence-electron chi connectivity index (χ4n) is 3.44. The molecule has 8 heteroatoms. The SMILES string of the molecule is CC1Cc2cc(C(=O)N(C)Cc3ccc(Cl)cc3Cl)ccc2N1S(C)(=O)=O. The molecule has 0 aromatic heterocycles. The predicted molar refractivity (Wildman–Crippen MR) is 109 cm³/mol. The molecule has 0 N–H and O–H groups in total. The second-order valence-corrected chi connectivity index (χ2v) is 9.56. The molecule has 27 heavy (non-hydrogen) atoms. The summed E-state index contributed by atoms with van der Waals surface area (Å²) in [4.78, 5) is 14.4. The smallest absolute Gasteiger partial charge is 0.253 e. The number of benzene rings is 2. The fraction of sp³-hybridized carbons (Fsp3) is 0.316. The standard InChI is InChI=1S/C19H20Cl2N2O3S/c1-12-8-15-9-13(5-7-18(15)23(12)27(3,25)26)19(24)22(2)11-14-4-6-16(20)10-17(14)21/h4-7,9-10,12H,8,11H2,1-3H3. The topological polar surface area (TPSA) is 57.7 Å². The molecule has 1 amide bonds. The highest BCUT2D eigenvalue weighted by Gasteiger charge is 2.33. The number of carbonyl (C=O) groups is 1. The van der Waals surface area contributed by atoms with Gasteiger partial charge in [0.05, 0.1) is 11.9 Å². The lowest BCUT2D eigenvalue weighted by molar-refractivity contribution is 0.0785. The van der Waals surface area contributed by atoms with Gasteiger partial charge in [0.1, 0.15) is 0 Å². The van der Waals surface area contributed by atoms with Gasteiger partial charge in [-0.25, -0.2) is 8.42 Å². The van der Waals surface area contributed by atoms with E-state index in [1.807, 2.05) is 6.92 Å². The van der Waals surface area contributed by atoms with E-state index < -0.39 is 10.0 Å². The molecule has 1 heterocycles. The summed E-state index contributed by atoms with van der Waals surface area (Å²) in [6, 6.07) is 10.2. The Morgan fingerprint density at radius 3 is 2.56 bits per heavy atom. The molecule has 0 spiro atoms. The second-order valence-electron chi connectivity index (χ2n) is 6.85. The summed E-state index contributed by atoms with van der Waals surface area (Å²) in [5.41, 5.74) is 2.82. The van der Waals surface area contributed by atoms with Crippen molar-refractivity contribution in [3.05, 3.63) is 63.1 Å². The molecule has 3 rings (SSSR count). The van der Waals surface area contributed by atoms with Gasteiger partial charge in [-0.1, -0.05) is 29.3 Å². The molecular weight excluding hydrogens is 407 g/mol. The first-order chi connectivity index (χ1) is 12.6. The molecule has 5 nitrogen and oxygen atoms in total. The maximum atomic E-state index is 12.8. The predicted octanol–water partition coefficient (Wildman–Crippen LogP) is 3.98. The van der Waals surface area contributed by atoms with Crippen LogP contribution in [0.2, 0.25) is 10.0 Å². The van der Waals surface area contributed by atoms with E-state index in [4.69, 9.17) is 23.2 Å². The number of amides is 1. The number of halogens is 2. The van der Waals surface area contributed by atoms with E-state index in [1.54, 1.807) is 48.3 Å². The average Bonchev–Trinajstić information content (AvgIpc) is 2.91. The summed E-state index contributed by atoms with van der Waals surface area (Å²) in [6.07, 6.45) is 1.78. The van der Waals surface area contributed by atoms with Gasteiger partial charge < -0.3 is 4.90 Å². The van der Waals surface area contributed by atoms with E-state index >= 15 is 0 Å². The third-order valence-electron chi connectivity index (χ3n) is 4.61. The van der Waals surface area contributed by atoms with Crippen LogP contribution in [-0.4, -0.2) is 38.6 Å². The van der Waals surface area contributed by atoms with E-state index in [9.17, 15) is 13.2 Å². The highest BCUT2D eigenvalue weighted by Crippen LogP contribution is 2.35. The largest absolute Gasteiger partial charge is 0.337 e. The van der Waals surface area contributed by atoms with Crippen LogP contribution in [0.5, 0.6) is 0 Å². The molecule has 144 valence electrons. The molecule has 0 bridgehead atoms. The number of nitrogens with zero attached hydrogens (tertiary/aromatic N) is 2. The zero-order valence-corrected chi connectivity index (χ0v) is 17.6. The van der Waals surface area contributed by atoms with Crippen molar-refractivity contribution in [1.29, 1.82) is 0 Å². The van der Waals surface area contributed by atoms with Gasteiger partial charge in [-0.2, -0.15) is 0 Å². The van der Waals surface area contributed by atoms with Crippen LogP contribution >= 0.6 is 23.2 Å². The van der Waals surface area contributed by atoms with Crippen LogP contribution in [0.15, 0.2) is 36.4 Å². The Balaban J connectivity index is 1.83. The Morgan fingerprint density at radius 1 is 1.22 bits per heavy atom. The minimum absolute atomic E-state index is 0.158. The lowest BCUT2D eigenvalue weighted by Crippen LogP contribution is -2.34. The maximum absolute atomic E-state index is 12.8. The number of anilines is 1. The van der Waals surface area contributed by atoms with Gasteiger partial charge in [0, 0.05) is 35.2 Å². The Morgan fingerprint density at radius 2 is 1.93 bits per heavy atom. The third kappa shape index (κ3) is 4.08. The van der Waals surface area contributed by atoms with Gasteiger partial charge in [0.25, 0.3) is 5.91 Å². The molecule has 0 saturated heterocycles. The first-order valence-corrected chi connectivity index (χ1v) is 11.0. The zero-order valence-electron chi connectivity index (χ0n) is 15.2. The third-order valence-corrected chi connectivity index (χ3v) is 6.46. The number of fused-ring (bicyclic) bond motifs is 1. The summed E-state index contributed by atoms with van der Waals surface area (Å²) >= 11 is 12.1. The molecule has 0 radical (unpaired) electrons. The molecule has 1 atom stereocenters. The van der Waals surface area contributed by atoms with Gasteiger partial charge in [-0.05, 0) is 54.8 Å². The van der Waals surface area contributed by atoms with Crippen LogP contribution < -0.4 is 4.31 Å². The highest BCUT2D eigenvalue weighted by atomic mass is 35.5. The van der Waals surface area contributed by atoms with Gasteiger partial charge in [-0.3, -0.25) is 9.10 Å². The summed E-state index contributed by atoms with van der Waals surface area (Å²) in [6.45, 7) is 2.20. The number of carbonyl (C=O) groups excluding carboxylic acids is 1. The Hall–Kier alpha value is -1.76. The van der Waals surface area contributed by atoms with Crippen LogP contribution in [0.4, 0.5) is 5.69 Å². The Bertz CT molecular complexity index is 1010. The maximum Gasteiger partial charge on any atom is 0.253 e. The van der Waals surface area contributed by atoms with Crippen molar-refractivity contribution in [2.45, 2.75) is 25.9 Å². The number of rotatable bonds is 4. The van der Waals surface area contributed by atoms with Crippen LogP contribution in [0.3, 0.4) is 0 Å². The first-order valence-electron chi connectivity index (χ1n) is 8.39. The summed E-state index contributed by atoms with van der Waals surface area (Å²) in [5, 5.41) is 1.05. The molecule has 2 aromatic carbocycles. The van der Waals surface area contributed by atoms with Crippen molar-refractivity contribution in [2.75, 3.05) is 17.6 Å². The normalized spacial score (nSPS) is 16.3. The zero-order chi connectivity index (χ0) is 19.9. The van der Waals surface area contributed by atoms with E-state index in [-0.39, 0.29) is 11.9 Å². The Kier molecular flexibility index (Phi) is 5.43. The lowest BCUT2D eigenvalue weighted by atomic mass is 10.1. The lowest BCUT2D eigenvalue weighted by Gasteiger charge is -2.22. The summed E-state index contributed by atoms with van der Waals surface area (Å²) in [7, 11) is -1.65. The number of sulfonamides is 1. The van der Waals surface area contributed by atoms with Gasteiger partial charge in [0.2, 0.25) is 10.0 Å². The minimum atomic E-state index is -3.35. The molecule has 0 fully saturated rings. The Labute approximate surface area is 169 Å². The monoisotopic (exact) mass is 426 g/mol. The van der Waals surface area contributed by atoms with Crippen molar-refractivity contribution in [3.63, 3.8) is 0 Å². The van der Waals surface area contributed by atoms with Gasteiger partial charge in [0.15, 0.2) is 0 Å². The van der Waals surface area contributed by atoms with Crippen LogP contribution in [0.1, 0.15) is 28.4 Å². The highest BCUT2D eigenvalue weighted by molar-refractivity contribution is 7.92. The van der Waals surface area contributed by atoms with Crippen molar-refractivity contribution in [2.24, 2.45) is 0 Å². The molecule has 1 unspecified atom stereocenters. The average molecular weight is 427 g/mol. The molecule has 2 aromatic rings. The number of hydrogen-bond acceptors (Lipinski definition) is 3. The van der Waals surface area contributed by atoms with Crippen molar-refractivity contribution in [3.8, 4) is 0 Å². The molecule has 1 aliphatic rings. The molecule has 0 saturated carbocycles. The van der Waals surface area contributed by atoms with Crippen molar-refractivity contribution < 1.29 is 13.2 Å². The second kappa shape index (κ2) is 7.34. The molecule has 0 aliphatic carbocycles. The van der Waals surface area contributed by atoms with E-state index in [1.165, 1.54) is 10.6 Å². The first kappa shape index (κ1) is 20.0. The van der Waals surface area contributed by atoms with E-state index in [2.05, 4.69) is 0 Å². The van der Waals surface area contributed by atoms with Gasteiger partial charge >= 0.3 is 0 Å².